The zero-order chi connectivity index (χ0) is 17.4. The van der Waals surface area contributed by atoms with Crippen molar-refractivity contribution in [2.24, 2.45) is 0 Å². The molecular formula is C16H17NO6. The summed E-state index contributed by atoms with van der Waals surface area (Å²) in [6.07, 6.45) is 4.10. The standard InChI is InChI=1S/C12H13NO2.C4H4O4/c1-2-3-5-8-6-4-7-9-10(8)12(15)13-11(9)14;5-3(6)1-2-4(7)8/h4,6-7H,2-3,5H2,1H3,(H,13,14,15);1-2H,(H,5,6)(H,7,8)/b;2-1+. The van der Waals surface area contributed by atoms with Gasteiger partial charge in [-0.2, -0.15) is 0 Å². The van der Waals surface area contributed by atoms with Gasteiger partial charge in [-0.15, -0.1) is 0 Å². The number of hydrogen-bond donors (Lipinski definition) is 3. The molecule has 0 spiro atoms. The number of benzene rings is 1. The van der Waals surface area contributed by atoms with E-state index >= 15 is 0 Å². The van der Waals surface area contributed by atoms with Crippen LogP contribution in [0.2, 0.25) is 0 Å². The molecule has 1 aromatic rings. The lowest BCUT2D eigenvalue weighted by Gasteiger charge is -2.03. The second-order valence-corrected chi connectivity index (χ2v) is 4.74. The van der Waals surface area contributed by atoms with Gasteiger partial charge in [-0.25, -0.2) is 9.59 Å². The minimum Gasteiger partial charge on any atom is -0.478 e. The van der Waals surface area contributed by atoms with Crippen molar-refractivity contribution in [3.63, 3.8) is 0 Å². The summed E-state index contributed by atoms with van der Waals surface area (Å²) in [5.74, 6) is -3.03. The lowest BCUT2D eigenvalue weighted by molar-refractivity contribution is -0.134. The number of fused-ring (bicyclic) bond motifs is 1. The van der Waals surface area contributed by atoms with E-state index < -0.39 is 11.9 Å². The molecule has 0 saturated heterocycles. The maximum absolute atomic E-state index is 11.5. The topological polar surface area (TPSA) is 121 Å². The number of nitrogens with one attached hydrogen (secondary N) is 1. The second-order valence-electron chi connectivity index (χ2n) is 4.74. The molecule has 0 fully saturated rings. The van der Waals surface area contributed by atoms with Crippen molar-refractivity contribution in [1.82, 2.24) is 5.32 Å². The molecule has 1 aromatic carbocycles. The fourth-order valence-corrected chi connectivity index (χ4v) is 2.01. The van der Waals surface area contributed by atoms with E-state index in [1.54, 1.807) is 6.07 Å². The number of imide groups is 1. The number of aliphatic carboxylic acids is 2. The van der Waals surface area contributed by atoms with Gasteiger partial charge < -0.3 is 10.2 Å². The number of carboxylic acid groups (broad SMARTS) is 2. The van der Waals surface area contributed by atoms with Gasteiger partial charge in [0.2, 0.25) is 0 Å². The zero-order valence-corrected chi connectivity index (χ0v) is 12.5. The van der Waals surface area contributed by atoms with Crippen molar-refractivity contribution in [3.8, 4) is 0 Å². The summed E-state index contributed by atoms with van der Waals surface area (Å²) < 4.78 is 0. The number of rotatable bonds is 5. The van der Waals surface area contributed by atoms with E-state index in [0.29, 0.717) is 23.3 Å². The first-order valence-corrected chi connectivity index (χ1v) is 6.98. The van der Waals surface area contributed by atoms with Crippen molar-refractivity contribution in [2.75, 3.05) is 0 Å². The van der Waals surface area contributed by atoms with Crippen LogP contribution in [-0.2, 0) is 16.0 Å². The third kappa shape index (κ3) is 5.39. The van der Waals surface area contributed by atoms with Crippen LogP contribution in [0.4, 0.5) is 0 Å². The summed E-state index contributed by atoms with van der Waals surface area (Å²) in [7, 11) is 0. The molecule has 0 saturated carbocycles. The summed E-state index contributed by atoms with van der Waals surface area (Å²) in [5.41, 5.74) is 2.09. The number of carboxylic acids is 2. The summed E-state index contributed by atoms with van der Waals surface area (Å²) in [4.78, 5) is 42.0. The number of unbranched alkanes of at least 4 members (excludes halogenated alkanes) is 1. The molecule has 1 aliphatic heterocycles. The second kappa shape index (κ2) is 8.47. The van der Waals surface area contributed by atoms with Crippen LogP contribution in [0.1, 0.15) is 46.0 Å². The molecule has 0 aliphatic carbocycles. The Kier molecular flexibility index (Phi) is 6.67. The molecule has 1 aliphatic rings. The van der Waals surface area contributed by atoms with Crippen LogP contribution >= 0.6 is 0 Å². The first-order valence-electron chi connectivity index (χ1n) is 6.98. The van der Waals surface area contributed by atoms with Gasteiger partial charge in [0, 0.05) is 12.2 Å². The van der Waals surface area contributed by atoms with Gasteiger partial charge in [0.25, 0.3) is 11.8 Å². The van der Waals surface area contributed by atoms with Crippen LogP contribution in [0.5, 0.6) is 0 Å². The molecule has 7 heteroatoms. The van der Waals surface area contributed by atoms with E-state index in [4.69, 9.17) is 10.2 Å². The van der Waals surface area contributed by atoms with Crippen LogP contribution in [-0.4, -0.2) is 34.0 Å². The molecule has 2 rings (SSSR count). The lowest BCUT2D eigenvalue weighted by atomic mass is 9.99. The van der Waals surface area contributed by atoms with Crippen LogP contribution in [0, 0.1) is 0 Å². The Labute approximate surface area is 132 Å². The lowest BCUT2D eigenvalue weighted by Crippen LogP contribution is -2.20. The molecule has 0 atom stereocenters. The Morgan fingerprint density at radius 2 is 1.70 bits per heavy atom. The van der Waals surface area contributed by atoms with E-state index in [1.165, 1.54) is 0 Å². The molecule has 0 radical (unpaired) electrons. The summed E-state index contributed by atoms with van der Waals surface area (Å²) in [5, 5.41) is 17.9. The molecule has 122 valence electrons. The van der Waals surface area contributed by atoms with E-state index in [-0.39, 0.29) is 11.8 Å². The van der Waals surface area contributed by atoms with Crippen LogP contribution < -0.4 is 5.32 Å². The van der Waals surface area contributed by atoms with Gasteiger partial charge in [0.05, 0.1) is 11.1 Å². The average Bonchev–Trinajstić information content (AvgIpc) is 2.79. The summed E-state index contributed by atoms with van der Waals surface area (Å²) in [6.45, 7) is 2.11. The molecule has 7 nitrogen and oxygen atoms in total. The van der Waals surface area contributed by atoms with Crippen molar-refractivity contribution in [3.05, 3.63) is 47.0 Å². The Balaban J connectivity index is 0.000000284. The number of carbonyl (C=O) groups excluding carboxylic acids is 2. The molecule has 23 heavy (non-hydrogen) atoms. The van der Waals surface area contributed by atoms with E-state index in [1.807, 2.05) is 12.1 Å². The van der Waals surface area contributed by atoms with Gasteiger partial charge in [0.1, 0.15) is 0 Å². The Morgan fingerprint density at radius 3 is 2.22 bits per heavy atom. The smallest absolute Gasteiger partial charge is 0.328 e. The molecule has 0 bridgehead atoms. The number of hydrogen-bond acceptors (Lipinski definition) is 4. The first kappa shape index (κ1) is 18.1. The largest absolute Gasteiger partial charge is 0.478 e. The fourth-order valence-electron chi connectivity index (χ4n) is 2.01. The molecular weight excluding hydrogens is 302 g/mol. The quantitative estimate of drug-likeness (QED) is 0.560. The van der Waals surface area contributed by atoms with E-state index in [9.17, 15) is 19.2 Å². The monoisotopic (exact) mass is 319 g/mol. The summed E-state index contributed by atoms with van der Waals surface area (Å²) in [6, 6.07) is 5.46. The molecule has 2 amide bonds. The van der Waals surface area contributed by atoms with Gasteiger partial charge in [-0.1, -0.05) is 25.5 Å². The molecule has 3 N–H and O–H groups in total. The SMILES string of the molecule is CCCCc1cccc2c1C(=O)NC2=O.O=C(O)/C=C/C(=O)O. The van der Waals surface area contributed by atoms with Gasteiger partial charge in [0.15, 0.2) is 0 Å². The highest BCUT2D eigenvalue weighted by Gasteiger charge is 2.28. The van der Waals surface area contributed by atoms with Crippen LogP contribution in [0.15, 0.2) is 30.4 Å². The van der Waals surface area contributed by atoms with E-state index in [2.05, 4.69) is 12.2 Å². The molecule has 0 unspecified atom stereocenters. The van der Waals surface area contributed by atoms with Gasteiger partial charge in [-0.05, 0) is 24.5 Å². The third-order valence-corrected chi connectivity index (χ3v) is 3.02. The number of amides is 2. The van der Waals surface area contributed by atoms with Crippen molar-refractivity contribution < 1.29 is 29.4 Å². The van der Waals surface area contributed by atoms with Crippen LogP contribution in [0.3, 0.4) is 0 Å². The first-order chi connectivity index (χ1) is 10.9. The predicted molar refractivity (Wildman–Crippen MR) is 81.3 cm³/mol. The Morgan fingerprint density at radius 1 is 1.09 bits per heavy atom. The number of aryl methyl sites for hydroxylation is 1. The Hall–Kier alpha value is -2.96. The third-order valence-electron chi connectivity index (χ3n) is 3.02. The zero-order valence-electron chi connectivity index (χ0n) is 12.5. The highest BCUT2D eigenvalue weighted by Crippen LogP contribution is 2.21. The van der Waals surface area contributed by atoms with Gasteiger partial charge >= 0.3 is 11.9 Å². The van der Waals surface area contributed by atoms with Crippen molar-refractivity contribution in [1.29, 1.82) is 0 Å². The maximum atomic E-state index is 11.5. The number of carbonyl (C=O) groups is 4. The fraction of sp³-hybridized carbons (Fsp3) is 0.250. The molecule has 0 aromatic heterocycles. The highest BCUT2D eigenvalue weighted by atomic mass is 16.4. The highest BCUT2D eigenvalue weighted by molar-refractivity contribution is 6.22. The summed E-state index contributed by atoms with van der Waals surface area (Å²) >= 11 is 0. The van der Waals surface area contributed by atoms with Gasteiger partial charge in [-0.3, -0.25) is 14.9 Å². The minimum atomic E-state index is -1.26. The van der Waals surface area contributed by atoms with Crippen LogP contribution in [0.25, 0.3) is 0 Å². The van der Waals surface area contributed by atoms with Crippen molar-refractivity contribution >= 4 is 23.8 Å². The normalized spacial score (nSPS) is 12.4. The maximum Gasteiger partial charge on any atom is 0.328 e. The minimum absolute atomic E-state index is 0.248. The van der Waals surface area contributed by atoms with E-state index in [0.717, 1.165) is 24.8 Å². The Bertz CT molecular complexity index is 647. The predicted octanol–water partition coefficient (Wildman–Crippen LogP) is 1.62. The molecule has 1 heterocycles. The van der Waals surface area contributed by atoms with Crippen molar-refractivity contribution in [2.45, 2.75) is 26.2 Å². The average molecular weight is 319 g/mol.